The summed E-state index contributed by atoms with van der Waals surface area (Å²) < 4.78 is 10.6. The number of esters is 1. The van der Waals surface area contributed by atoms with E-state index in [9.17, 15) is 4.79 Å². The molecule has 110 valence electrons. The van der Waals surface area contributed by atoms with Crippen LogP contribution < -0.4 is 10.5 Å². The third-order valence-corrected chi connectivity index (χ3v) is 2.92. The van der Waals surface area contributed by atoms with Crippen molar-refractivity contribution in [3.8, 4) is 5.75 Å². The van der Waals surface area contributed by atoms with Crippen molar-refractivity contribution in [3.63, 3.8) is 0 Å². The molecule has 0 saturated carbocycles. The van der Waals surface area contributed by atoms with Gasteiger partial charge in [0.1, 0.15) is 5.75 Å². The molecule has 0 unspecified atom stereocenters. The molecule has 1 aromatic heterocycles. The maximum Gasteiger partial charge on any atom is 0.338 e. The molecule has 0 amide bonds. The predicted octanol–water partition coefficient (Wildman–Crippen LogP) is 2.46. The molecule has 0 atom stereocenters. The van der Waals surface area contributed by atoms with Crippen LogP contribution in [-0.4, -0.2) is 24.2 Å². The largest absolute Gasteiger partial charge is 0.492 e. The van der Waals surface area contributed by atoms with Crippen molar-refractivity contribution in [3.05, 3.63) is 53.9 Å². The van der Waals surface area contributed by atoms with Gasteiger partial charge in [-0.15, -0.1) is 0 Å². The molecule has 2 N–H and O–H groups in total. The van der Waals surface area contributed by atoms with Gasteiger partial charge in [-0.05, 0) is 42.8 Å². The summed E-state index contributed by atoms with van der Waals surface area (Å²) in [7, 11) is 0. The molecule has 0 aliphatic heterocycles. The van der Waals surface area contributed by atoms with Gasteiger partial charge in [0.2, 0.25) is 0 Å². The second-order valence-electron chi connectivity index (χ2n) is 4.43. The number of nitrogens with two attached hydrogens (primary N) is 1. The van der Waals surface area contributed by atoms with E-state index in [-0.39, 0.29) is 5.97 Å². The maximum absolute atomic E-state index is 11.9. The van der Waals surface area contributed by atoms with E-state index in [2.05, 4.69) is 4.98 Å². The Hall–Kier alpha value is -2.56. The van der Waals surface area contributed by atoms with Crippen molar-refractivity contribution in [1.29, 1.82) is 0 Å². The summed E-state index contributed by atoms with van der Waals surface area (Å²) >= 11 is 0. The standard InChI is InChI=1S/C16H18N2O3/c1-2-20-15-4-3-13(11-14(15)17)16(19)21-10-7-12-5-8-18-9-6-12/h3-6,8-9,11H,2,7,10,17H2,1H3. The molecule has 0 fully saturated rings. The van der Waals surface area contributed by atoms with E-state index in [1.807, 2.05) is 19.1 Å². The van der Waals surface area contributed by atoms with Gasteiger partial charge in [-0.25, -0.2) is 4.79 Å². The first-order chi connectivity index (χ1) is 10.2. The zero-order valence-electron chi connectivity index (χ0n) is 11.9. The van der Waals surface area contributed by atoms with Crippen LogP contribution in [0.1, 0.15) is 22.8 Å². The van der Waals surface area contributed by atoms with Crippen LogP contribution in [0.2, 0.25) is 0 Å². The molecule has 2 rings (SSSR count). The lowest BCUT2D eigenvalue weighted by atomic mass is 10.2. The Balaban J connectivity index is 1.90. The molecule has 0 bridgehead atoms. The Kier molecular flexibility index (Phi) is 5.15. The Bertz CT molecular complexity index is 600. The predicted molar refractivity (Wildman–Crippen MR) is 80.2 cm³/mol. The average molecular weight is 286 g/mol. The minimum Gasteiger partial charge on any atom is -0.492 e. The van der Waals surface area contributed by atoms with Gasteiger partial charge in [0, 0.05) is 18.8 Å². The van der Waals surface area contributed by atoms with Gasteiger partial charge in [-0.1, -0.05) is 0 Å². The van der Waals surface area contributed by atoms with Gasteiger partial charge in [-0.3, -0.25) is 4.98 Å². The number of hydrogen-bond donors (Lipinski definition) is 1. The number of nitrogen functional groups attached to an aromatic ring is 1. The summed E-state index contributed by atoms with van der Waals surface area (Å²) in [4.78, 5) is 15.9. The molecule has 1 heterocycles. The van der Waals surface area contributed by atoms with Gasteiger partial charge in [-0.2, -0.15) is 0 Å². The number of rotatable bonds is 6. The molecule has 1 aromatic carbocycles. The minimum absolute atomic E-state index is 0.315. The first-order valence-electron chi connectivity index (χ1n) is 6.79. The van der Waals surface area contributed by atoms with Crippen molar-refractivity contribution in [2.75, 3.05) is 18.9 Å². The van der Waals surface area contributed by atoms with Crippen LogP contribution >= 0.6 is 0 Å². The van der Waals surface area contributed by atoms with Crippen LogP contribution in [0, 0.1) is 0 Å². The topological polar surface area (TPSA) is 74.4 Å². The van der Waals surface area contributed by atoms with Crippen LogP contribution in [-0.2, 0) is 11.2 Å². The van der Waals surface area contributed by atoms with Crippen molar-refractivity contribution in [1.82, 2.24) is 4.98 Å². The average Bonchev–Trinajstić information content (AvgIpc) is 2.50. The number of ether oxygens (including phenoxy) is 2. The number of hydrogen-bond acceptors (Lipinski definition) is 5. The minimum atomic E-state index is -0.390. The number of pyridine rings is 1. The van der Waals surface area contributed by atoms with Crippen molar-refractivity contribution in [2.24, 2.45) is 0 Å². The van der Waals surface area contributed by atoms with Crippen molar-refractivity contribution in [2.45, 2.75) is 13.3 Å². The van der Waals surface area contributed by atoms with E-state index in [0.29, 0.717) is 36.6 Å². The highest BCUT2D eigenvalue weighted by Gasteiger charge is 2.10. The molecule has 0 aliphatic rings. The lowest BCUT2D eigenvalue weighted by molar-refractivity contribution is 0.0509. The van der Waals surface area contributed by atoms with Crippen LogP contribution in [0.4, 0.5) is 5.69 Å². The van der Waals surface area contributed by atoms with Gasteiger partial charge < -0.3 is 15.2 Å². The van der Waals surface area contributed by atoms with Gasteiger partial charge in [0.05, 0.1) is 24.5 Å². The Morgan fingerprint density at radius 3 is 2.67 bits per heavy atom. The fourth-order valence-electron chi connectivity index (χ4n) is 1.86. The molecule has 0 radical (unpaired) electrons. The maximum atomic E-state index is 11.9. The number of aromatic nitrogens is 1. The number of carbonyl (C=O) groups excluding carboxylic acids is 1. The van der Waals surface area contributed by atoms with Crippen LogP contribution in [0.3, 0.4) is 0 Å². The molecular formula is C16H18N2O3. The number of benzene rings is 1. The summed E-state index contributed by atoms with van der Waals surface area (Å²) in [5, 5.41) is 0. The highest BCUT2D eigenvalue weighted by atomic mass is 16.5. The zero-order chi connectivity index (χ0) is 15.1. The molecule has 5 heteroatoms. The van der Waals surface area contributed by atoms with Gasteiger partial charge in [0.15, 0.2) is 0 Å². The number of carbonyl (C=O) groups is 1. The monoisotopic (exact) mass is 286 g/mol. The number of nitrogens with zero attached hydrogens (tertiary/aromatic N) is 1. The highest BCUT2D eigenvalue weighted by Crippen LogP contribution is 2.22. The number of anilines is 1. The second kappa shape index (κ2) is 7.28. The molecular weight excluding hydrogens is 268 g/mol. The Labute approximate surface area is 123 Å². The molecule has 0 aliphatic carbocycles. The molecule has 5 nitrogen and oxygen atoms in total. The summed E-state index contributed by atoms with van der Waals surface area (Å²) in [6, 6.07) is 8.68. The smallest absolute Gasteiger partial charge is 0.338 e. The molecule has 0 spiro atoms. The van der Waals surface area contributed by atoms with Crippen molar-refractivity contribution >= 4 is 11.7 Å². The van der Waals surface area contributed by atoms with Crippen molar-refractivity contribution < 1.29 is 14.3 Å². The van der Waals surface area contributed by atoms with E-state index in [1.54, 1.807) is 30.6 Å². The van der Waals surface area contributed by atoms with Gasteiger partial charge >= 0.3 is 5.97 Å². The summed E-state index contributed by atoms with van der Waals surface area (Å²) in [5.41, 5.74) is 7.75. The Morgan fingerprint density at radius 2 is 2.00 bits per heavy atom. The van der Waals surface area contributed by atoms with E-state index in [4.69, 9.17) is 15.2 Å². The van der Waals surface area contributed by atoms with Gasteiger partial charge in [0.25, 0.3) is 0 Å². The van der Waals surface area contributed by atoms with Crippen LogP contribution in [0.5, 0.6) is 5.75 Å². The lowest BCUT2D eigenvalue weighted by Gasteiger charge is -2.09. The third kappa shape index (κ3) is 4.21. The fraction of sp³-hybridized carbons (Fsp3) is 0.250. The highest BCUT2D eigenvalue weighted by molar-refractivity contribution is 5.91. The van der Waals surface area contributed by atoms with E-state index in [1.165, 1.54) is 0 Å². The normalized spacial score (nSPS) is 10.1. The zero-order valence-corrected chi connectivity index (χ0v) is 11.9. The SMILES string of the molecule is CCOc1ccc(C(=O)OCCc2ccncc2)cc1N. The van der Waals surface area contributed by atoms with Crippen LogP contribution in [0.25, 0.3) is 0 Å². The van der Waals surface area contributed by atoms with Crippen LogP contribution in [0.15, 0.2) is 42.7 Å². The molecule has 0 saturated heterocycles. The Morgan fingerprint density at radius 1 is 1.24 bits per heavy atom. The second-order valence-corrected chi connectivity index (χ2v) is 4.43. The quantitative estimate of drug-likeness (QED) is 0.652. The van der Waals surface area contributed by atoms with E-state index in [0.717, 1.165) is 5.56 Å². The third-order valence-electron chi connectivity index (χ3n) is 2.92. The summed E-state index contributed by atoms with van der Waals surface area (Å²) in [5.74, 6) is 0.185. The summed E-state index contributed by atoms with van der Waals surface area (Å²) in [6.45, 7) is 2.72. The summed E-state index contributed by atoms with van der Waals surface area (Å²) in [6.07, 6.45) is 4.08. The van der Waals surface area contributed by atoms with E-state index >= 15 is 0 Å². The fourth-order valence-corrected chi connectivity index (χ4v) is 1.86. The molecule has 2 aromatic rings. The first kappa shape index (κ1) is 14.8. The molecule has 21 heavy (non-hydrogen) atoms. The first-order valence-corrected chi connectivity index (χ1v) is 6.79. The lowest BCUT2D eigenvalue weighted by Crippen LogP contribution is -2.09. The van der Waals surface area contributed by atoms with E-state index < -0.39 is 0 Å².